The van der Waals surface area contributed by atoms with E-state index in [1.807, 2.05) is 0 Å². The molecule has 52 heavy (non-hydrogen) atoms. The summed E-state index contributed by atoms with van der Waals surface area (Å²) >= 11 is 0. The maximum Gasteiger partial charge on any atom is 0.220 e. The Morgan fingerprint density at radius 2 is 0.962 bits per heavy atom. The van der Waals surface area contributed by atoms with Gasteiger partial charge in [0.15, 0.2) is 6.29 Å². The Balaban J connectivity index is 2.33. The lowest BCUT2D eigenvalue weighted by molar-refractivity contribution is -0.302. The van der Waals surface area contributed by atoms with Crippen LogP contribution in [0.2, 0.25) is 0 Å². The number of rotatable bonds is 37. The molecular weight excluding hydrogens is 658 g/mol. The van der Waals surface area contributed by atoms with Crippen LogP contribution < -0.4 is 5.32 Å². The zero-order valence-corrected chi connectivity index (χ0v) is 33.8. The molecule has 1 amide bonds. The highest BCUT2D eigenvalue weighted by molar-refractivity contribution is 5.76. The second-order valence-electron chi connectivity index (χ2n) is 15.9. The van der Waals surface area contributed by atoms with Gasteiger partial charge in [-0.3, -0.25) is 4.79 Å². The molecule has 0 saturated carbocycles. The first-order valence-electron chi connectivity index (χ1n) is 22.2. The van der Waals surface area contributed by atoms with Crippen molar-refractivity contribution in [1.82, 2.24) is 5.32 Å². The first-order chi connectivity index (χ1) is 25.3. The van der Waals surface area contributed by atoms with Crippen LogP contribution >= 0.6 is 0 Å². The molecule has 0 spiro atoms. The molecule has 1 rings (SSSR count). The third-order valence-electron chi connectivity index (χ3n) is 11.0. The van der Waals surface area contributed by atoms with Crippen LogP contribution in [0.5, 0.6) is 0 Å². The van der Waals surface area contributed by atoms with Gasteiger partial charge in [-0.2, -0.15) is 0 Å². The summed E-state index contributed by atoms with van der Waals surface area (Å²) in [7, 11) is 0. The topological polar surface area (TPSA) is 149 Å². The van der Waals surface area contributed by atoms with E-state index in [0.717, 1.165) is 38.5 Å². The van der Waals surface area contributed by atoms with E-state index in [1.165, 1.54) is 148 Å². The Morgan fingerprint density at radius 1 is 0.577 bits per heavy atom. The number of unbranched alkanes of at least 4 members (excludes halogenated alkanes) is 27. The van der Waals surface area contributed by atoms with Crippen molar-refractivity contribution in [1.29, 1.82) is 0 Å². The molecular formula is C43H85NO8. The molecule has 0 aromatic carbocycles. The van der Waals surface area contributed by atoms with Gasteiger partial charge in [-0.1, -0.05) is 194 Å². The van der Waals surface area contributed by atoms with Crippen molar-refractivity contribution in [3.63, 3.8) is 0 Å². The van der Waals surface area contributed by atoms with Gasteiger partial charge < -0.3 is 40.3 Å². The summed E-state index contributed by atoms with van der Waals surface area (Å²) in [6.45, 7) is 3.83. The van der Waals surface area contributed by atoms with Gasteiger partial charge in [-0.05, 0) is 12.8 Å². The largest absolute Gasteiger partial charge is 0.394 e. The van der Waals surface area contributed by atoms with Crippen LogP contribution in [0, 0.1) is 0 Å². The molecule has 0 aromatic rings. The summed E-state index contributed by atoms with van der Waals surface area (Å²) in [4.78, 5) is 12.9. The third kappa shape index (κ3) is 25.3. The Morgan fingerprint density at radius 3 is 1.37 bits per heavy atom. The molecule has 9 nitrogen and oxygen atoms in total. The van der Waals surface area contributed by atoms with Gasteiger partial charge >= 0.3 is 0 Å². The minimum absolute atomic E-state index is 0.132. The van der Waals surface area contributed by atoms with Crippen LogP contribution in [0.15, 0.2) is 0 Å². The van der Waals surface area contributed by atoms with Gasteiger partial charge in [0.2, 0.25) is 5.91 Å². The summed E-state index contributed by atoms with van der Waals surface area (Å²) < 4.78 is 11.2. The summed E-state index contributed by atoms with van der Waals surface area (Å²) in [5.41, 5.74) is 0. The lowest BCUT2D eigenvalue weighted by Gasteiger charge is -2.40. The number of carbonyl (C=O) groups is 1. The van der Waals surface area contributed by atoms with E-state index in [2.05, 4.69) is 19.2 Å². The maximum atomic E-state index is 12.9. The highest BCUT2D eigenvalue weighted by Gasteiger charge is 2.44. The predicted octanol–water partition coefficient (Wildman–Crippen LogP) is 8.78. The van der Waals surface area contributed by atoms with Gasteiger partial charge in [0, 0.05) is 6.42 Å². The van der Waals surface area contributed by atoms with E-state index >= 15 is 0 Å². The monoisotopic (exact) mass is 744 g/mol. The normalized spacial score (nSPS) is 21.7. The standard InChI is InChI=1S/C43H85NO8/c1-3-5-7-9-11-13-15-17-18-19-20-21-22-24-26-28-30-32-37(46)36(35-51-43-42(50)41(49)40(48)38(34-45)52-43)44-39(47)33-31-29-27-25-23-16-14-12-10-8-6-4-2/h36-38,40-43,45-46,48-50H,3-35H2,1-2H3,(H,44,47)/t36-,37+,38+,40+,41?,42?,43+/m0/s1. The van der Waals surface area contributed by atoms with Crippen LogP contribution in [0.25, 0.3) is 0 Å². The fourth-order valence-electron chi connectivity index (χ4n) is 7.34. The van der Waals surface area contributed by atoms with Crippen molar-refractivity contribution in [3.8, 4) is 0 Å². The lowest BCUT2D eigenvalue weighted by Crippen LogP contribution is -2.60. The lowest BCUT2D eigenvalue weighted by atomic mass is 9.99. The van der Waals surface area contributed by atoms with Gasteiger partial charge in [0.1, 0.15) is 24.4 Å². The van der Waals surface area contributed by atoms with E-state index in [9.17, 15) is 30.3 Å². The van der Waals surface area contributed by atoms with Crippen LogP contribution in [0.1, 0.15) is 213 Å². The Labute approximate surface area is 319 Å². The highest BCUT2D eigenvalue weighted by atomic mass is 16.7. The zero-order valence-electron chi connectivity index (χ0n) is 33.8. The summed E-state index contributed by atoms with van der Waals surface area (Å²) in [6.07, 6.45) is 29.6. The Hall–Kier alpha value is -0.810. The fraction of sp³-hybridized carbons (Fsp3) is 0.977. The van der Waals surface area contributed by atoms with Crippen LogP contribution in [-0.4, -0.2) is 87.5 Å². The van der Waals surface area contributed by atoms with Crippen molar-refractivity contribution in [3.05, 3.63) is 0 Å². The highest BCUT2D eigenvalue weighted by Crippen LogP contribution is 2.23. The van der Waals surface area contributed by atoms with Crippen molar-refractivity contribution in [2.75, 3.05) is 13.2 Å². The molecule has 310 valence electrons. The second-order valence-corrected chi connectivity index (χ2v) is 15.9. The SMILES string of the molecule is CCCCCCCCCCCCCCCCCCC[C@@H](O)[C@H](CO[C@@H]1O[C@H](CO)[C@@H](O)C(O)C1O)NC(=O)CCCCCCCCCCCCCC. The van der Waals surface area contributed by atoms with Crippen molar-refractivity contribution in [2.24, 2.45) is 0 Å². The maximum absolute atomic E-state index is 12.9. The van der Waals surface area contributed by atoms with Gasteiger partial charge in [0.05, 0.1) is 25.4 Å². The first-order valence-corrected chi connectivity index (χ1v) is 22.2. The van der Waals surface area contributed by atoms with Gasteiger partial charge in [-0.15, -0.1) is 0 Å². The van der Waals surface area contributed by atoms with E-state index in [4.69, 9.17) is 9.47 Å². The zero-order chi connectivity index (χ0) is 38.1. The van der Waals surface area contributed by atoms with Crippen molar-refractivity contribution < 1.29 is 39.8 Å². The van der Waals surface area contributed by atoms with Crippen molar-refractivity contribution >= 4 is 5.91 Å². The molecule has 1 fully saturated rings. The van der Waals surface area contributed by atoms with E-state index in [1.54, 1.807) is 0 Å². The van der Waals surface area contributed by atoms with E-state index in [-0.39, 0.29) is 12.5 Å². The van der Waals surface area contributed by atoms with Gasteiger partial charge in [0.25, 0.3) is 0 Å². The Kier molecular flexibility index (Phi) is 32.8. The van der Waals surface area contributed by atoms with E-state index < -0.39 is 49.5 Å². The molecule has 0 aliphatic carbocycles. The number of hydrogen-bond donors (Lipinski definition) is 6. The molecule has 0 aromatic heterocycles. The molecule has 1 saturated heterocycles. The van der Waals surface area contributed by atoms with Crippen LogP contribution in [0.3, 0.4) is 0 Å². The Bertz CT molecular complexity index is 786. The first kappa shape index (κ1) is 49.2. The molecule has 1 heterocycles. The van der Waals surface area contributed by atoms with Gasteiger partial charge in [-0.25, -0.2) is 0 Å². The molecule has 6 N–H and O–H groups in total. The average molecular weight is 744 g/mol. The number of aliphatic hydroxyl groups excluding tert-OH is 5. The molecule has 0 bridgehead atoms. The number of amides is 1. The van der Waals surface area contributed by atoms with Crippen molar-refractivity contribution in [2.45, 2.75) is 256 Å². The predicted molar refractivity (Wildman–Crippen MR) is 212 cm³/mol. The number of carbonyl (C=O) groups excluding carboxylic acids is 1. The quantitative estimate of drug-likeness (QED) is 0.0346. The number of ether oxygens (including phenoxy) is 2. The third-order valence-corrected chi connectivity index (χ3v) is 11.0. The molecule has 7 atom stereocenters. The molecule has 1 aliphatic heterocycles. The average Bonchev–Trinajstić information content (AvgIpc) is 3.14. The minimum Gasteiger partial charge on any atom is -0.394 e. The second kappa shape index (κ2) is 34.7. The molecule has 0 radical (unpaired) electrons. The minimum atomic E-state index is -1.55. The molecule has 9 heteroatoms. The summed E-state index contributed by atoms with van der Waals surface area (Å²) in [5, 5.41) is 54.2. The number of nitrogens with one attached hydrogen (secondary N) is 1. The number of aliphatic hydroxyl groups is 5. The molecule has 1 aliphatic rings. The van der Waals surface area contributed by atoms with Crippen LogP contribution in [-0.2, 0) is 14.3 Å². The fourth-order valence-corrected chi connectivity index (χ4v) is 7.34. The smallest absolute Gasteiger partial charge is 0.220 e. The molecule has 2 unspecified atom stereocenters. The number of hydrogen-bond acceptors (Lipinski definition) is 8. The van der Waals surface area contributed by atoms with Crippen LogP contribution in [0.4, 0.5) is 0 Å². The summed E-state index contributed by atoms with van der Waals surface area (Å²) in [5.74, 6) is -0.143. The van der Waals surface area contributed by atoms with E-state index in [0.29, 0.717) is 12.8 Å². The summed E-state index contributed by atoms with van der Waals surface area (Å²) in [6, 6.07) is -0.710.